The van der Waals surface area contributed by atoms with Crippen LogP contribution in [0.4, 0.5) is 5.69 Å². The first-order valence-corrected chi connectivity index (χ1v) is 5.27. The maximum Gasteiger partial charge on any atom is 0.177 e. The lowest BCUT2D eigenvalue weighted by Crippen LogP contribution is -1.97. The van der Waals surface area contributed by atoms with E-state index >= 15 is 0 Å². The quantitative estimate of drug-likeness (QED) is 0.640. The lowest BCUT2D eigenvalue weighted by molar-refractivity contribution is 0.925. The third-order valence-electron chi connectivity index (χ3n) is 2.64. The number of fused-ring (bicyclic) bond motifs is 1. The van der Waals surface area contributed by atoms with Crippen LogP contribution in [0.15, 0.2) is 36.7 Å². The molecule has 0 saturated carbocycles. The van der Waals surface area contributed by atoms with E-state index in [0.717, 1.165) is 28.2 Å². The largest absolute Gasteiger partial charge is 0.399 e. The van der Waals surface area contributed by atoms with Gasteiger partial charge in [0.2, 0.25) is 0 Å². The van der Waals surface area contributed by atoms with E-state index in [1.165, 1.54) is 0 Å². The highest BCUT2D eigenvalue weighted by Crippen LogP contribution is 2.22. The monoisotopic (exact) mass is 225 g/mol. The first-order chi connectivity index (χ1) is 8.24. The molecule has 84 valence electrons. The molecule has 5 heteroatoms. The lowest BCUT2D eigenvalue weighted by Gasteiger charge is -2.06. The van der Waals surface area contributed by atoms with Crippen LogP contribution in [0.2, 0.25) is 0 Å². The van der Waals surface area contributed by atoms with E-state index in [0.29, 0.717) is 0 Å². The fourth-order valence-electron chi connectivity index (χ4n) is 1.83. The first-order valence-electron chi connectivity index (χ1n) is 5.27. The summed E-state index contributed by atoms with van der Waals surface area (Å²) in [5.74, 6) is 0. The highest BCUT2D eigenvalue weighted by molar-refractivity contribution is 5.67. The Morgan fingerprint density at radius 1 is 1.24 bits per heavy atom. The standard InChI is InChI=1S/C12H11N5/c1-8-5-11-15-14-7-17(11)16-12(8)9-3-2-4-10(13)6-9/h2-7H,13H2,1H3. The number of nitrogens with zero attached hydrogens (tertiary/aromatic N) is 4. The minimum absolute atomic E-state index is 0.729. The van der Waals surface area contributed by atoms with Crippen molar-refractivity contribution >= 4 is 11.3 Å². The number of benzene rings is 1. The predicted molar refractivity (Wildman–Crippen MR) is 65.4 cm³/mol. The van der Waals surface area contributed by atoms with Crippen LogP contribution in [0.3, 0.4) is 0 Å². The van der Waals surface area contributed by atoms with Gasteiger partial charge in [-0.3, -0.25) is 0 Å². The number of nitrogens with two attached hydrogens (primary N) is 1. The second-order valence-corrected chi connectivity index (χ2v) is 3.94. The predicted octanol–water partition coefficient (Wildman–Crippen LogP) is 1.68. The van der Waals surface area contributed by atoms with Gasteiger partial charge >= 0.3 is 0 Å². The van der Waals surface area contributed by atoms with Crippen molar-refractivity contribution in [3.8, 4) is 11.3 Å². The summed E-state index contributed by atoms with van der Waals surface area (Å²) < 4.78 is 1.66. The van der Waals surface area contributed by atoms with Crippen LogP contribution < -0.4 is 5.73 Å². The molecule has 0 spiro atoms. The number of hydrogen-bond acceptors (Lipinski definition) is 4. The molecule has 0 aliphatic carbocycles. The van der Waals surface area contributed by atoms with E-state index in [1.807, 2.05) is 37.3 Å². The smallest absolute Gasteiger partial charge is 0.177 e. The van der Waals surface area contributed by atoms with Gasteiger partial charge < -0.3 is 5.73 Å². The van der Waals surface area contributed by atoms with Crippen molar-refractivity contribution in [2.75, 3.05) is 5.73 Å². The average Bonchev–Trinajstić information content (AvgIpc) is 2.75. The van der Waals surface area contributed by atoms with Gasteiger partial charge in [-0.05, 0) is 30.7 Å². The van der Waals surface area contributed by atoms with Crippen molar-refractivity contribution in [2.45, 2.75) is 6.92 Å². The van der Waals surface area contributed by atoms with E-state index < -0.39 is 0 Å². The van der Waals surface area contributed by atoms with Gasteiger partial charge in [-0.2, -0.15) is 9.61 Å². The van der Waals surface area contributed by atoms with Crippen molar-refractivity contribution in [3.05, 3.63) is 42.2 Å². The summed E-state index contributed by atoms with van der Waals surface area (Å²) in [6.45, 7) is 2.00. The van der Waals surface area contributed by atoms with E-state index in [2.05, 4.69) is 15.3 Å². The molecule has 0 bridgehead atoms. The number of rotatable bonds is 1. The summed E-state index contributed by atoms with van der Waals surface area (Å²) >= 11 is 0. The number of nitrogen functional groups attached to an aromatic ring is 1. The number of aromatic nitrogens is 4. The van der Waals surface area contributed by atoms with E-state index in [1.54, 1.807) is 10.8 Å². The molecule has 0 aliphatic heterocycles. The van der Waals surface area contributed by atoms with Gasteiger partial charge in [-0.1, -0.05) is 12.1 Å². The van der Waals surface area contributed by atoms with Gasteiger partial charge in [-0.25, -0.2) is 0 Å². The van der Waals surface area contributed by atoms with Crippen LogP contribution in [-0.4, -0.2) is 19.8 Å². The molecule has 2 heterocycles. The topological polar surface area (TPSA) is 69.1 Å². The summed E-state index contributed by atoms with van der Waals surface area (Å²) in [5.41, 5.74) is 10.2. The third kappa shape index (κ3) is 1.61. The summed E-state index contributed by atoms with van der Waals surface area (Å²) in [6.07, 6.45) is 1.59. The minimum atomic E-state index is 0.729. The van der Waals surface area contributed by atoms with Gasteiger partial charge in [0.05, 0.1) is 5.69 Å². The van der Waals surface area contributed by atoms with Gasteiger partial charge in [0, 0.05) is 11.3 Å². The Hall–Kier alpha value is -2.43. The maximum atomic E-state index is 5.78. The molecule has 3 rings (SSSR count). The van der Waals surface area contributed by atoms with Gasteiger partial charge in [0.25, 0.3) is 0 Å². The first kappa shape index (κ1) is 9.77. The molecule has 1 aromatic carbocycles. The molecule has 0 radical (unpaired) electrons. The molecule has 2 N–H and O–H groups in total. The Morgan fingerprint density at radius 2 is 2.12 bits per heavy atom. The van der Waals surface area contributed by atoms with Crippen molar-refractivity contribution in [3.63, 3.8) is 0 Å². The molecule has 3 aromatic rings. The van der Waals surface area contributed by atoms with E-state index in [4.69, 9.17) is 5.73 Å². The zero-order valence-electron chi connectivity index (χ0n) is 9.33. The number of anilines is 1. The number of hydrogen-bond donors (Lipinski definition) is 1. The summed E-state index contributed by atoms with van der Waals surface area (Å²) in [4.78, 5) is 0. The Morgan fingerprint density at radius 3 is 2.94 bits per heavy atom. The maximum absolute atomic E-state index is 5.78. The second-order valence-electron chi connectivity index (χ2n) is 3.94. The van der Waals surface area contributed by atoms with Crippen LogP contribution in [0, 0.1) is 6.92 Å². The molecule has 0 amide bonds. The van der Waals surface area contributed by atoms with Crippen LogP contribution in [0.5, 0.6) is 0 Å². The lowest BCUT2D eigenvalue weighted by atomic mass is 10.1. The third-order valence-corrected chi connectivity index (χ3v) is 2.64. The Balaban J connectivity index is 2.25. The zero-order valence-corrected chi connectivity index (χ0v) is 9.33. The van der Waals surface area contributed by atoms with Gasteiger partial charge in [-0.15, -0.1) is 10.2 Å². The fraction of sp³-hybridized carbons (Fsp3) is 0.0833. The van der Waals surface area contributed by atoms with E-state index in [9.17, 15) is 0 Å². The molecule has 5 nitrogen and oxygen atoms in total. The Kier molecular flexibility index (Phi) is 2.04. The summed E-state index contributed by atoms with van der Waals surface area (Å²) in [6, 6.07) is 9.63. The van der Waals surface area contributed by atoms with E-state index in [-0.39, 0.29) is 0 Å². The number of aryl methyl sites for hydroxylation is 1. The van der Waals surface area contributed by atoms with Crippen molar-refractivity contribution in [2.24, 2.45) is 0 Å². The molecule has 0 fully saturated rings. The molecule has 0 saturated heterocycles. The Labute approximate surface area is 97.9 Å². The molecule has 17 heavy (non-hydrogen) atoms. The molecule has 0 unspecified atom stereocenters. The minimum Gasteiger partial charge on any atom is -0.399 e. The summed E-state index contributed by atoms with van der Waals surface area (Å²) in [7, 11) is 0. The molecule has 0 atom stereocenters. The Bertz CT molecular complexity index is 686. The van der Waals surface area contributed by atoms with Crippen LogP contribution in [-0.2, 0) is 0 Å². The van der Waals surface area contributed by atoms with Gasteiger partial charge in [0.15, 0.2) is 5.65 Å². The van der Waals surface area contributed by atoms with Crippen LogP contribution >= 0.6 is 0 Å². The van der Waals surface area contributed by atoms with Crippen molar-refractivity contribution < 1.29 is 0 Å². The molecular formula is C12H11N5. The van der Waals surface area contributed by atoms with Crippen LogP contribution in [0.1, 0.15) is 5.56 Å². The fourth-order valence-corrected chi connectivity index (χ4v) is 1.83. The molecule has 0 aliphatic rings. The summed E-state index contributed by atoms with van der Waals surface area (Å²) in [5, 5.41) is 12.3. The second kappa shape index (κ2) is 3.55. The molecule has 2 aromatic heterocycles. The van der Waals surface area contributed by atoms with Gasteiger partial charge in [0.1, 0.15) is 6.33 Å². The van der Waals surface area contributed by atoms with Crippen molar-refractivity contribution in [1.82, 2.24) is 19.8 Å². The average molecular weight is 225 g/mol. The highest BCUT2D eigenvalue weighted by Gasteiger charge is 2.07. The van der Waals surface area contributed by atoms with Crippen molar-refractivity contribution in [1.29, 1.82) is 0 Å². The normalized spacial score (nSPS) is 10.9. The zero-order chi connectivity index (χ0) is 11.8. The SMILES string of the molecule is Cc1cc2nncn2nc1-c1cccc(N)c1. The molecular weight excluding hydrogens is 214 g/mol. The van der Waals surface area contributed by atoms with Crippen LogP contribution in [0.25, 0.3) is 16.9 Å². The highest BCUT2D eigenvalue weighted by atomic mass is 15.3.